The van der Waals surface area contributed by atoms with Gasteiger partial charge in [-0.15, -0.1) is 11.3 Å². The maximum Gasteiger partial charge on any atom is 0.415 e. The number of nitrogens with zero attached hydrogens (tertiary/aromatic N) is 2. The summed E-state index contributed by atoms with van der Waals surface area (Å²) in [7, 11) is 0. The van der Waals surface area contributed by atoms with Crippen LogP contribution in [0.2, 0.25) is 0 Å². The van der Waals surface area contributed by atoms with E-state index in [0.29, 0.717) is 19.1 Å². The third-order valence-corrected chi connectivity index (χ3v) is 8.71. The average molecular weight is 543 g/mol. The number of rotatable bonds is 8. The number of ether oxygens (including phenoxy) is 2. The number of carbonyl (C=O) groups excluding carboxylic acids is 1. The molecule has 34 heavy (non-hydrogen) atoms. The molecular formula is C27H30BrN2O3S+. The number of anilines is 1. The summed E-state index contributed by atoms with van der Waals surface area (Å²) in [6.07, 6.45) is 1.90. The number of hydrogen-bond acceptors (Lipinski definition) is 4. The highest BCUT2D eigenvalue weighted by Gasteiger charge is 2.47. The highest BCUT2D eigenvalue weighted by molar-refractivity contribution is 9.11. The van der Waals surface area contributed by atoms with E-state index in [1.807, 2.05) is 66.7 Å². The molecule has 5 nitrogen and oxygen atoms in total. The molecule has 7 heteroatoms. The van der Waals surface area contributed by atoms with E-state index in [-0.39, 0.29) is 12.2 Å². The van der Waals surface area contributed by atoms with E-state index < -0.39 is 0 Å². The Morgan fingerprint density at radius 2 is 1.71 bits per heavy atom. The molecule has 2 bridgehead atoms. The van der Waals surface area contributed by atoms with Crippen molar-refractivity contribution in [1.82, 2.24) is 0 Å². The van der Waals surface area contributed by atoms with Crippen LogP contribution in [0.15, 0.2) is 76.6 Å². The van der Waals surface area contributed by atoms with Crippen LogP contribution < -0.4 is 9.64 Å². The van der Waals surface area contributed by atoms with E-state index in [4.69, 9.17) is 9.47 Å². The lowest BCUT2D eigenvalue weighted by molar-refractivity contribution is -0.946. The monoisotopic (exact) mass is 541 g/mol. The first-order chi connectivity index (χ1) is 16.6. The first-order valence-corrected chi connectivity index (χ1v) is 13.5. The van der Waals surface area contributed by atoms with E-state index in [1.54, 1.807) is 16.2 Å². The number of para-hydroxylation sites is 2. The van der Waals surface area contributed by atoms with Crippen LogP contribution in [-0.2, 0) is 11.3 Å². The predicted octanol–water partition coefficient (Wildman–Crippen LogP) is 6.34. The average Bonchev–Trinajstić information content (AvgIpc) is 3.29. The second-order valence-corrected chi connectivity index (χ2v) is 11.8. The van der Waals surface area contributed by atoms with Crippen LogP contribution in [0.1, 0.15) is 17.7 Å². The maximum absolute atomic E-state index is 13.5. The first kappa shape index (κ1) is 23.4. The smallest absolute Gasteiger partial charge is 0.415 e. The molecule has 1 aromatic heterocycles. The largest absolute Gasteiger partial charge is 0.488 e. The third kappa shape index (κ3) is 5.48. The minimum Gasteiger partial charge on any atom is -0.488 e. The number of quaternary nitrogens is 1. The van der Waals surface area contributed by atoms with Gasteiger partial charge < -0.3 is 14.0 Å². The lowest BCUT2D eigenvalue weighted by atomic mass is 9.83. The Balaban J connectivity index is 1.25. The van der Waals surface area contributed by atoms with Crippen molar-refractivity contribution >= 4 is 39.0 Å². The summed E-state index contributed by atoms with van der Waals surface area (Å²) in [6.45, 7) is 5.29. The fourth-order valence-corrected chi connectivity index (χ4v) is 6.67. The van der Waals surface area contributed by atoms with Crippen LogP contribution in [-0.4, -0.2) is 49.5 Å². The van der Waals surface area contributed by atoms with Gasteiger partial charge >= 0.3 is 6.09 Å². The minimum atomic E-state index is -0.256. The summed E-state index contributed by atoms with van der Waals surface area (Å²) < 4.78 is 14.3. The van der Waals surface area contributed by atoms with Crippen LogP contribution in [0.25, 0.3) is 0 Å². The second-order valence-electron chi connectivity index (χ2n) is 9.24. The molecule has 3 aliphatic heterocycles. The zero-order valence-electron chi connectivity index (χ0n) is 19.1. The molecule has 3 aliphatic rings. The number of benzene rings is 2. The number of thiophene rings is 1. The Morgan fingerprint density at radius 1 is 1.00 bits per heavy atom. The van der Waals surface area contributed by atoms with Gasteiger partial charge in [0, 0.05) is 29.3 Å². The van der Waals surface area contributed by atoms with Crippen molar-refractivity contribution in [2.75, 3.05) is 37.7 Å². The van der Waals surface area contributed by atoms with E-state index in [9.17, 15) is 4.79 Å². The van der Waals surface area contributed by atoms with E-state index in [1.165, 1.54) is 0 Å². The van der Waals surface area contributed by atoms with Gasteiger partial charge in [0.1, 0.15) is 25.4 Å². The summed E-state index contributed by atoms with van der Waals surface area (Å²) >= 11 is 5.17. The second kappa shape index (κ2) is 10.5. The number of amides is 1. The molecule has 0 spiro atoms. The molecule has 4 heterocycles. The Bertz CT molecular complexity index is 1080. The zero-order chi connectivity index (χ0) is 23.4. The van der Waals surface area contributed by atoms with Crippen LogP contribution in [0.3, 0.4) is 0 Å². The van der Waals surface area contributed by atoms with Gasteiger partial charge in [0.15, 0.2) is 6.10 Å². The molecular weight excluding hydrogens is 512 g/mol. The van der Waals surface area contributed by atoms with Crippen molar-refractivity contribution in [3.05, 3.63) is 81.5 Å². The maximum atomic E-state index is 13.5. The van der Waals surface area contributed by atoms with Crippen molar-refractivity contribution in [2.24, 2.45) is 5.92 Å². The molecule has 2 aromatic carbocycles. The van der Waals surface area contributed by atoms with Crippen molar-refractivity contribution < 1.29 is 18.8 Å². The summed E-state index contributed by atoms with van der Waals surface area (Å²) in [5.41, 5.74) is 0.860. The highest BCUT2D eigenvalue weighted by atomic mass is 79.9. The Labute approximate surface area is 213 Å². The molecule has 3 saturated heterocycles. The van der Waals surface area contributed by atoms with Crippen molar-refractivity contribution in [1.29, 1.82) is 0 Å². The van der Waals surface area contributed by atoms with E-state index in [2.05, 4.69) is 22.0 Å². The normalized spacial score (nSPS) is 23.4. The van der Waals surface area contributed by atoms with Gasteiger partial charge in [-0.1, -0.05) is 36.4 Å². The van der Waals surface area contributed by atoms with Crippen LogP contribution in [0.5, 0.6) is 5.75 Å². The molecule has 0 saturated carbocycles. The molecule has 1 atom stereocenters. The minimum absolute atomic E-state index is 0.0481. The molecule has 3 fully saturated rings. The van der Waals surface area contributed by atoms with Gasteiger partial charge in [0.2, 0.25) is 0 Å². The highest BCUT2D eigenvalue weighted by Crippen LogP contribution is 2.36. The zero-order valence-corrected chi connectivity index (χ0v) is 21.5. The quantitative estimate of drug-likeness (QED) is 0.312. The Hall–Kier alpha value is -2.35. The first-order valence-electron chi connectivity index (χ1n) is 11.9. The lowest BCUT2D eigenvalue weighted by Crippen LogP contribution is -2.65. The van der Waals surface area contributed by atoms with Gasteiger partial charge in [0.25, 0.3) is 0 Å². The number of piperidine rings is 3. The fraction of sp³-hybridized carbons (Fsp3) is 0.370. The van der Waals surface area contributed by atoms with Crippen LogP contribution >= 0.6 is 27.3 Å². The van der Waals surface area contributed by atoms with Gasteiger partial charge in [0.05, 0.1) is 23.4 Å². The Morgan fingerprint density at radius 3 is 2.38 bits per heavy atom. The molecule has 178 valence electrons. The number of carbonyl (C=O) groups is 1. The molecule has 6 rings (SSSR count). The fourth-order valence-electron chi connectivity index (χ4n) is 5.20. The van der Waals surface area contributed by atoms with Crippen LogP contribution in [0, 0.1) is 5.92 Å². The van der Waals surface area contributed by atoms with Gasteiger partial charge in [-0.25, -0.2) is 4.79 Å². The van der Waals surface area contributed by atoms with Gasteiger partial charge in [-0.2, -0.15) is 0 Å². The molecule has 1 amide bonds. The molecule has 0 radical (unpaired) electrons. The lowest BCUT2D eigenvalue weighted by Gasteiger charge is -2.52. The number of fused-ring (bicyclic) bond motifs is 3. The van der Waals surface area contributed by atoms with E-state index >= 15 is 0 Å². The molecule has 3 aromatic rings. The number of hydrogen-bond donors (Lipinski definition) is 0. The predicted molar refractivity (Wildman–Crippen MR) is 139 cm³/mol. The summed E-state index contributed by atoms with van der Waals surface area (Å²) in [5.74, 6) is 1.36. The van der Waals surface area contributed by atoms with Crippen molar-refractivity contribution in [3.63, 3.8) is 0 Å². The molecule has 0 unspecified atom stereocenters. The van der Waals surface area contributed by atoms with Crippen molar-refractivity contribution in [2.45, 2.75) is 25.5 Å². The van der Waals surface area contributed by atoms with Crippen molar-refractivity contribution in [3.8, 4) is 5.75 Å². The molecule has 0 N–H and O–H groups in total. The number of halogens is 1. The SMILES string of the molecule is O=C(O[C@H]1C[N+]2(CCOc3ccccc3)CCC1CC2)N(Cc1ccc(Br)s1)c1ccccc1. The van der Waals surface area contributed by atoms with Gasteiger partial charge in [-0.3, -0.25) is 4.90 Å². The van der Waals surface area contributed by atoms with Crippen LogP contribution in [0.4, 0.5) is 10.5 Å². The summed E-state index contributed by atoms with van der Waals surface area (Å²) in [6, 6.07) is 23.9. The topological polar surface area (TPSA) is 38.8 Å². The standard InChI is InChI=1S/C27H30BrN2O3S/c28-26-12-11-24(34-26)19-29(22-7-3-1-4-8-22)27(31)33-25-20-30(15-13-21(25)14-16-30)17-18-32-23-9-5-2-6-10-23/h1-12,21,25H,13-20H2/q+1/t21?,25-,30?/m0/s1. The van der Waals surface area contributed by atoms with E-state index in [0.717, 1.165) is 63.6 Å². The Kier molecular flexibility index (Phi) is 7.23. The molecule has 0 aliphatic carbocycles. The summed E-state index contributed by atoms with van der Waals surface area (Å²) in [5, 5.41) is 0. The summed E-state index contributed by atoms with van der Waals surface area (Å²) in [4.78, 5) is 16.3. The van der Waals surface area contributed by atoms with Gasteiger partial charge in [-0.05, 0) is 52.3 Å². The third-order valence-electron chi connectivity index (χ3n) is 7.10.